The number of carboxylic acid groups (broad SMARTS) is 1. The van der Waals surface area contributed by atoms with Crippen LogP contribution in [0.1, 0.15) is 45.4 Å². The van der Waals surface area contributed by atoms with Crippen LogP contribution in [0.2, 0.25) is 0 Å². The lowest BCUT2D eigenvalue weighted by Gasteiger charge is -2.09. The Kier molecular flexibility index (Phi) is 8.21. The Balaban J connectivity index is 3.51. The van der Waals surface area contributed by atoms with E-state index in [0.717, 1.165) is 38.5 Å². The van der Waals surface area contributed by atoms with Crippen LogP contribution in [-0.2, 0) is 4.79 Å². The van der Waals surface area contributed by atoms with Gasteiger partial charge < -0.3 is 5.11 Å². The molecule has 0 amide bonds. The van der Waals surface area contributed by atoms with E-state index < -0.39 is 5.97 Å². The summed E-state index contributed by atoms with van der Waals surface area (Å²) in [6, 6.07) is 0. The molecule has 0 aliphatic carbocycles. The molecule has 0 heterocycles. The molecule has 0 spiro atoms. The average molecular weight is 207 g/mol. The molecule has 0 aliphatic heterocycles. The molecule has 0 aromatic heterocycles. The van der Waals surface area contributed by atoms with E-state index in [1.165, 1.54) is 0 Å². The molecular weight excluding hydrogens is 188 g/mol. The van der Waals surface area contributed by atoms with E-state index in [1.807, 2.05) is 6.92 Å². The molecule has 78 valence electrons. The van der Waals surface area contributed by atoms with Crippen LogP contribution < -0.4 is 0 Å². The summed E-state index contributed by atoms with van der Waals surface area (Å²) in [4.78, 5) is 10.7. The van der Waals surface area contributed by atoms with Gasteiger partial charge in [0.2, 0.25) is 0 Å². The van der Waals surface area contributed by atoms with Crippen LogP contribution in [0.3, 0.4) is 0 Å². The van der Waals surface area contributed by atoms with Crippen molar-refractivity contribution in [2.24, 2.45) is 5.92 Å². The highest BCUT2D eigenvalue weighted by Gasteiger charge is 2.14. The summed E-state index contributed by atoms with van der Waals surface area (Å²) in [6.07, 6.45) is 5.60. The van der Waals surface area contributed by atoms with E-state index in [-0.39, 0.29) is 5.92 Å². The number of halogens is 1. The summed E-state index contributed by atoms with van der Waals surface area (Å²) in [5.74, 6) is -0.0982. The fourth-order valence-electron chi connectivity index (χ4n) is 1.40. The molecule has 0 rings (SSSR count). The molecule has 1 atom stereocenters. The van der Waals surface area contributed by atoms with Crippen molar-refractivity contribution in [1.29, 1.82) is 0 Å². The summed E-state index contributed by atoms with van der Waals surface area (Å²) in [6.45, 7) is 2.02. The fraction of sp³-hybridized carbons (Fsp3) is 0.900. The Morgan fingerprint density at radius 3 is 2.46 bits per heavy atom. The van der Waals surface area contributed by atoms with Crippen molar-refractivity contribution in [3.05, 3.63) is 0 Å². The van der Waals surface area contributed by atoms with E-state index >= 15 is 0 Å². The lowest BCUT2D eigenvalue weighted by molar-refractivity contribution is -0.142. The lowest BCUT2D eigenvalue weighted by Crippen LogP contribution is -2.13. The molecular formula is C10H19ClO2. The second kappa shape index (κ2) is 8.36. The maximum atomic E-state index is 10.7. The minimum absolute atomic E-state index is 0.139. The zero-order valence-corrected chi connectivity index (χ0v) is 9.02. The Morgan fingerprint density at radius 2 is 2.00 bits per heavy atom. The number of carbonyl (C=O) groups is 1. The van der Waals surface area contributed by atoms with Crippen molar-refractivity contribution < 1.29 is 9.90 Å². The Bertz CT molecular complexity index is 137. The number of hydrogen-bond acceptors (Lipinski definition) is 1. The molecule has 0 saturated carbocycles. The van der Waals surface area contributed by atoms with Crippen molar-refractivity contribution in [3.63, 3.8) is 0 Å². The van der Waals surface area contributed by atoms with Gasteiger partial charge in [0.15, 0.2) is 0 Å². The first-order chi connectivity index (χ1) is 6.22. The van der Waals surface area contributed by atoms with Crippen molar-refractivity contribution in [1.82, 2.24) is 0 Å². The van der Waals surface area contributed by atoms with Gasteiger partial charge in [-0.2, -0.15) is 0 Å². The molecule has 0 aromatic carbocycles. The van der Waals surface area contributed by atoms with Crippen molar-refractivity contribution in [2.45, 2.75) is 45.4 Å². The summed E-state index contributed by atoms with van der Waals surface area (Å²) >= 11 is 5.52. The van der Waals surface area contributed by atoms with Gasteiger partial charge in [0, 0.05) is 5.88 Å². The normalized spacial score (nSPS) is 12.8. The van der Waals surface area contributed by atoms with Crippen LogP contribution in [0.4, 0.5) is 0 Å². The number of carboxylic acids is 1. The monoisotopic (exact) mass is 206 g/mol. The third-order valence-corrected chi connectivity index (χ3v) is 2.44. The fourth-order valence-corrected chi connectivity index (χ4v) is 1.59. The van der Waals surface area contributed by atoms with E-state index in [0.29, 0.717) is 5.88 Å². The Labute approximate surface area is 85.3 Å². The molecule has 0 aliphatic rings. The van der Waals surface area contributed by atoms with E-state index in [1.54, 1.807) is 0 Å². The van der Waals surface area contributed by atoms with Gasteiger partial charge in [-0.3, -0.25) is 4.79 Å². The van der Waals surface area contributed by atoms with Crippen LogP contribution in [0.5, 0.6) is 0 Å². The quantitative estimate of drug-likeness (QED) is 0.489. The maximum Gasteiger partial charge on any atom is 0.306 e. The smallest absolute Gasteiger partial charge is 0.306 e. The highest BCUT2D eigenvalue weighted by Crippen LogP contribution is 2.15. The number of rotatable bonds is 8. The van der Waals surface area contributed by atoms with Crippen molar-refractivity contribution in [2.75, 3.05) is 5.88 Å². The molecule has 13 heavy (non-hydrogen) atoms. The van der Waals surface area contributed by atoms with Crippen LogP contribution in [0.15, 0.2) is 0 Å². The van der Waals surface area contributed by atoms with E-state index in [4.69, 9.17) is 16.7 Å². The Hall–Kier alpha value is -0.240. The zero-order chi connectivity index (χ0) is 10.1. The second-order valence-electron chi connectivity index (χ2n) is 3.36. The molecule has 0 radical (unpaired) electrons. The topological polar surface area (TPSA) is 37.3 Å². The molecule has 3 heteroatoms. The molecule has 0 bridgehead atoms. The first-order valence-electron chi connectivity index (χ1n) is 5.01. The largest absolute Gasteiger partial charge is 0.481 e. The summed E-state index contributed by atoms with van der Waals surface area (Å²) in [7, 11) is 0. The van der Waals surface area contributed by atoms with Gasteiger partial charge in [-0.25, -0.2) is 0 Å². The van der Waals surface area contributed by atoms with Gasteiger partial charge in [0.05, 0.1) is 5.92 Å². The van der Waals surface area contributed by atoms with Crippen LogP contribution in [0, 0.1) is 5.92 Å². The first kappa shape index (κ1) is 12.8. The van der Waals surface area contributed by atoms with Gasteiger partial charge in [0.1, 0.15) is 0 Å². The highest BCUT2D eigenvalue weighted by molar-refractivity contribution is 6.17. The van der Waals surface area contributed by atoms with Crippen molar-refractivity contribution >= 4 is 17.6 Å². The predicted molar refractivity (Wildman–Crippen MR) is 55.2 cm³/mol. The first-order valence-corrected chi connectivity index (χ1v) is 5.54. The molecule has 0 fully saturated rings. The highest BCUT2D eigenvalue weighted by atomic mass is 35.5. The Morgan fingerprint density at radius 1 is 1.31 bits per heavy atom. The third-order valence-electron chi connectivity index (χ3n) is 2.17. The average Bonchev–Trinajstić information content (AvgIpc) is 2.10. The number of alkyl halides is 1. The molecule has 1 N–H and O–H groups in total. The maximum absolute atomic E-state index is 10.7. The van der Waals surface area contributed by atoms with Gasteiger partial charge in [0.25, 0.3) is 0 Å². The SMILES string of the molecule is CCCC(CCCCCCl)C(=O)O. The second-order valence-corrected chi connectivity index (χ2v) is 3.74. The summed E-state index contributed by atoms with van der Waals surface area (Å²) in [5, 5.41) is 8.83. The molecule has 2 nitrogen and oxygen atoms in total. The number of unbranched alkanes of at least 4 members (excludes halogenated alkanes) is 2. The summed E-state index contributed by atoms with van der Waals surface area (Å²) in [5.41, 5.74) is 0. The van der Waals surface area contributed by atoms with Crippen LogP contribution in [0.25, 0.3) is 0 Å². The van der Waals surface area contributed by atoms with E-state index in [9.17, 15) is 4.79 Å². The van der Waals surface area contributed by atoms with Crippen LogP contribution >= 0.6 is 11.6 Å². The molecule has 0 saturated heterocycles. The van der Waals surface area contributed by atoms with Gasteiger partial charge in [-0.05, 0) is 19.3 Å². The minimum atomic E-state index is -0.646. The van der Waals surface area contributed by atoms with Gasteiger partial charge in [-0.1, -0.05) is 26.2 Å². The molecule has 1 unspecified atom stereocenters. The third kappa shape index (κ3) is 6.88. The number of hydrogen-bond donors (Lipinski definition) is 1. The van der Waals surface area contributed by atoms with Gasteiger partial charge in [-0.15, -0.1) is 11.6 Å². The number of aliphatic carboxylic acids is 1. The molecule has 0 aromatic rings. The lowest BCUT2D eigenvalue weighted by atomic mass is 9.97. The standard InChI is InChI=1S/C10H19ClO2/c1-2-6-9(10(12)13)7-4-3-5-8-11/h9H,2-8H2,1H3,(H,12,13). The van der Waals surface area contributed by atoms with Crippen LogP contribution in [-0.4, -0.2) is 17.0 Å². The van der Waals surface area contributed by atoms with Gasteiger partial charge >= 0.3 is 5.97 Å². The minimum Gasteiger partial charge on any atom is -0.481 e. The van der Waals surface area contributed by atoms with E-state index in [2.05, 4.69) is 0 Å². The van der Waals surface area contributed by atoms with Crippen molar-refractivity contribution in [3.8, 4) is 0 Å². The summed E-state index contributed by atoms with van der Waals surface area (Å²) < 4.78 is 0. The predicted octanol–water partition coefficient (Wildman–Crippen LogP) is 3.29. The zero-order valence-electron chi connectivity index (χ0n) is 8.26.